The van der Waals surface area contributed by atoms with Gasteiger partial charge in [-0.25, -0.2) is 19.9 Å². The highest BCUT2D eigenvalue weighted by Gasteiger charge is 2.50. The van der Waals surface area contributed by atoms with Gasteiger partial charge in [0.25, 0.3) is 0 Å². The first-order chi connectivity index (χ1) is 31.7. The van der Waals surface area contributed by atoms with E-state index in [-0.39, 0.29) is 0 Å². The first kappa shape index (κ1) is 36.6. The molecule has 13 rings (SSSR count). The standard InChI is InChI=1S/C59H36N4S/c1-4-16-38(17-5-1)54-46-34-35-50-55(64-52-27-15-14-26-49(52)59(50)47-24-12-10-22-43(47)44-23-11-13-25-48(44)59)53(46)45-33-32-42(36-51(45)60-54)37-28-30-41(31-29-37)58-62-56(39-18-6-2-7-19-39)61-57(63-58)40-20-8-3-9-21-40/h1-36H. The van der Waals surface area contributed by atoms with E-state index in [1.807, 2.05) is 72.4 Å². The molecule has 0 fully saturated rings. The second kappa shape index (κ2) is 14.6. The molecule has 11 aromatic rings. The van der Waals surface area contributed by atoms with Gasteiger partial charge in [0.1, 0.15) is 0 Å². The zero-order chi connectivity index (χ0) is 42.2. The predicted octanol–water partition coefficient (Wildman–Crippen LogP) is 14.7. The molecule has 298 valence electrons. The summed E-state index contributed by atoms with van der Waals surface area (Å²) in [5.41, 5.74) is 15.5. The smallest absolute Gasteiger partial charge is 0.164 e. The van der Waals surface area contributed by atoms with Crippen molar-refractivity contribution in [1.29, 1.82) is 0 Å². The molecular formula is C59H36N4S. The number of benzene rings is 9. The van der Waals surface area contributed by atoms with Crippen LogP contribution in [0.5, 0.6) is 0 Å². The summed E-state index contributed by atoms with van der Waals surface area (Å²) >= 11 is 1.90. The van der Waals surface area contributed by atoms with Gasteiger partial charge in [-0.1, -0.05) is 218 Å². The quantitative estimate of drug-likeness (QED) is 0.162. The SMILES string of the molecule is c1ccc(-c2nc(-c3ccccc3)nc(-c3ccc(-c4ccc5c(c4)nc(-c4ccccc4)c4ccc6c(c45)Sc4ccccc4C64c5ccccc5-c5ccccc54)cc3)n2)cc1. The molecule has 0 atom stereocenters. The molecule has 5 heteroatoms. The van der Waals surface area contributed by atoms with Gasteiger partial charge in [-0.3, -0.25) is 0 Å². The molecule has 1 spiro atoms. The van der Waals surface area contributed by atoms with E-state index in [2.05, 4.69) is 158 Å². The average molecular weight is 833 g/mol. The van der Waals surface area contributed by atoms with E-state index in [4.69, 9.17) is 19.9 Å². The Morgan fingerprint density at radius 1 is 0.328 bits per heavy atom. The summed E-state index contributed by atoms with van der Waals surface area (Å²) in [6, 6.07) is 78.0. The fraction of sp³-hybridized carbons (Fsp3) is 0.0169. The highest BCUT2D eigenvalue weighted by atomic mass is 32.2. The molecule has 0 unspecified atom stereocenters. The molecule has 2 aliphatic rings. The van der Waals surface area contributed by atoms with Crippen molar-refractivity contribution in [3.05, 3.63) is 241 Å². The number of nitrogens with zero attached hydrogens (tertiary/aromatic N) is 4. The first-order valence-corrected chi connectivity index (χ1v) is 22.4. The van der Waals surface area contributed by atoms with Gasteiger partial charge in [0.15, 0.2) is 17.5 Å². The zero-order valence-electron chi connectivity index (χ0n) is 34.5. The average Bonchev–Trinajstić information content (AvgIpc) is 3.67. The molecule has 2 aromatic heterocycles. The molecule has 0 N–H and O–H groups in total. The topological polar surface area (TPSA) is 51.6 Å². The van der Waals surface area contributed by atoms with Crippen molar-refractivity contribution < 1.29 is 0 Å². The van der Waals surface area contributed by atoms with Crippen molar-refractivity contribution in [2.45, 2.75) is 15.2 Å². The molecule has 4 nitrogen and oxygen atoms in total. The summed E-state index contributed by atoms with van der Waals surface area (Å²) in [6.45, 7) is 0. The number of hydrogen-bond acceptors (Lipinski definition) is 5. The van der Waals surface area contributed by atoms with Gasteiger partial charge in [0.2, 0.25) is 0 Å². The predicted molar refractivity (Wildman–Crippen MR) is 261 cm³/mol. The van der Waals surface area contributed by atoms with Gasteiger partial charge in [-0.2, -0.15) is 0 Å². The van der Waals surface area contributed by atoms with Crippen LogP contribution >= 0.6 is 11.8 Å². The second-order valence-corrected chi connectivity index (χ2v) is 17.5. The fourth-order valence-electron chi connectivity index (χ4n) is 10.1. The van der Waals surface area contributed by atoms with Crippen molar-refractivity contribution in [2.24, 2.45) is 0 Å². The molecule has 1 aliphatic carbocycles. The zero-order valence-corrected chi connectivity index (χ0v) is 35.3. The highest BCUT2D eigenvalue weighted by molar-refractivity contribution is 7.99. The molecule has 0 saturated heterocycles. The Morgan fingerprint density at radius 2 is 0.797 bits per heavy atom. The lowest BCUT2D eigenvalue weighted by Gasteiger charge is -2.40. The van der Waals surface area contributed by atoms with Gasteiger partial charge in [0.05, 0.1) is 16.6 Å². The van der Waals surface area contributed by atoms with Crippen LogP contribution in [0.25, 0.3) is 89.4 Å². The Morgan fingerprint density at radius 3 is 1.41 bits per heavy atom. The van der Waals surface area contributed by atoms with Crippen LogP contribution < -0.4 is 0 Å². The Kier molecular flexibility index (Phi) is 8.33. The summed E-state index contributed by atoms with van der Waals surface area (Å²) < 4.78 is 0. The number of hydrogen-bond donors (Lipinski definition) is 0. The summed E-state index contributed by atoms with van der Waals surface area (Å²) in [5.74, 6) is 1.92. The molecule has 9 aromatic carbocycles. The fourth-order valence-corrected chi connectivity index (χ4v) is 11.5. The van der Waals surface area contributed by atoms with Crippen LogP contribution in [0.1, 0.15) is 22.3 Å². The maximum atomic E-state index is 5.52. The summed E-state index contributed by atoms with van der Waals surface area (Å²) in [6.07, 6.45) is 0. The third-order valence-electron chi connectivity index (χ3n) is 13.0. The molecule has 0 radical (unpaired) electrons. The van der Waals surface area contributed by atoms with E-state index in [1.54, 1.807) is 0 Å². The molecule has 3 heterocycles. The van der Waals surface area contributed by atoms with Gasteiger partial charge in [0, 0.05) is 48.2 Å². The Labute approximate surface area is 375 Å². The lowest BCUT2D eigenvalue weighted by Crippen LogP contribution is -2.32. The van der Waals surface area contributed by atoms with E-state index < -0.39 is 5.41 Å². The van der Waals surface area contributed by atoms with Gasteiger partial charge in [-0.15, -0.1) is 0 Å². The summed E-state index contributed by atoms with van der Waals surface area (Å²) in [7, 11) is 0. The number of aromatic nitrogens is 4. The van der Waals surface area contributed by atoms with E-state index in [9.17, 15) is 0 Å². The van der Waals surface area contributed by atoms with Crippen LogP contribution in [0.3, 0.4) is 0 Å². The van der Waals surface area contributed by atoms with Gasteiger partial charge >= 0.3 is 0 Å². The third-order valence-corrected chi connectivity index (χ3v) is 14.2. The van der Waals surface area contributed by atoms with Crippen LogP contribution in [0.2, 0.25) is 0 Å². The van der Waals surface area contributed by atoms with E-state index >= 15 is 0 Å². The van der Waals surface area contributed by atoms with E-state index in [1.165, 1.54) is 48.6 Å². The highest BCUT2D eigenvalue weighted by Crippen LogP contribution is 2.63. The van der Waals surface area contributed by atoms with Crippen LogP contribution in [0.4, 0.5) is 0 Å². The van der Waals surface area contributed by atoms with Crippen molar-refractivity contribution in [3.8, 4) is 67.7 Å². The van der Waals surface area contributed by atoms with Crippen molar-refractivity contribution >= 4 is 33.4 Å². The Hall–Kier alpha value is -7.99. The lowest BCUT2D eigenvalue weighted by atomic mass is 9.67. The molecular weight excluding hydrogens is 797 g/mol. The monoisotopic (exact) mass is 832 g/mol. The number of rotatable bonds is 5. The minimum atomic E-state index is -0.467. The lowest BCUT2D eigenvalue weighted by molar-refractivity contribution is 0.726. The number of fused-ring (bicyclic) bond motifs is 13. The van der Waals surface area contributed by atoms with Crippen LogP contribution in [0, 0.1) is 0 Å². The van der Waals surface area contributed by atoms with Crippen molar-refractivity contribution in [3.63, 3.8) is 0 Å². The number of pyridine rings is 1. The second-order valence-electron chi connectivity index (χ2n) is 16.5. The largest absolute Gasteiger partial charge is 0.247 e. The maximum Gasteiger partial charge on any atom is 0.164 e. The van der Waals surface area contributed by atoms with Crippen LogP contribution in [-0.4, -0.2) is 19.9 Å². The summed E-state index contributed by atoms with van der Waals surface area (Å²) in [4.78, 5) is 22.9. The minimum Gasteiger partial charge on any atom is -0.247 e. The molecule has 64 heavy (non-hydrogen) atoms. The van der Waals surface area contributed by atoms with E-state index in [0.29, 0.717) is 17.5 Å². The first-order valence-electron chi connectivity index (χ1n) is 21.6. The van der Waals surface area contributed by atoms with Crippen molar-refractivity contribution in [1.82, 2.24) is 19.9 Å². The minimum absolute atomic E-state index is 0.467. The molecule has 0 amide bonds. The van der Waals surface area contributed by atoms with Crippen LogP contribution in [0.15, 0.2) is 228 Å². The normalized spacial score (nSPS) is 13.1. The van der Waals surface area contributed by atoms with Crippen molar-refractivity contribution in [2.75, 3.05) is 0 Å². The molecule has 0 bridgehead atoms. The van der Waals surface area contributed by atoms with Gasteiger partial charge < -0.3 is 0 Å². The summed E-state index contributed by atoms with van der Waals surface area (Å²) in [5, 5.41) is 3.53. The maximum absolute atomic E-state index is 5.52. The Bertz CT molecular complexity index is 3520. The Balaban J connectivity index is 0.995. The molecule has 0 saturated carbocycles. The molecule has 1 aliphatic heterocycles. The van der Waals surface area contributed by atoms with E-state index in [0.717, 1.165) is 55.4 Å². The van der Waals surface area contributed by atoms with Gasteiger partial charge in [-0.05, 0) is 56.6 Å². The van der Waals surface area contributed by atoms with Crippen LogP contribution in [-0.2, 0) is 5.41 Å². The third kappa shape index (κ3) is 5.57.